The van der Waals surface area contributed by atoms with Gasteiger partial charge in [-0.3, -0.25) is 0 Å². The number of rotatable bonds is 8. The number of benzene rings is 1. The maximum absolute atomic E-state index is 3.71. The van der Waals surface area contributed by atoms with Crippen LogP contribution in [-0.4, -0.2) is 6.54 Å². The van der Waals surface area contributed by atoms with Gasteiger partial charge in [-0.2, -0.15) is 0 Å². The lowest BCUT2D eigenvalue weighted by Gasteiger charge is -2.04. The Morgan fingerprint density at radius 2 is 1.43 bits per heavy atom. The number of hydrogen-bond acceptors (Lipinski definition) is 5. The minimum absolute atomic E-state index is 1.09. The van der Waals surface area contributed by atoms with E-state index in [2.05, 4.69) is 42.1 Å². The monoisotopic (exact) mass is 443 g/mol. The first-order valence-corrected chi connectivity index (χ1v) is 13.6. The van der Waals surface area contributed by atoms with Crippen LogP contribution in [0.1, 0.15) is 51.0 Å². The molecular weight excluding hydrogens is 419 g/mol. The molecule has 1 N–H and O–H groups in total. The van der Waals surface area contributed by atoms with Crippen molar-refractivity contribution in [1.29, 1.82) is 0 Å². The molecule has 4 aromatic heterocycles. The van der Waals surface area contributed by atoms with Crippen molar-refractivity contribution in [2.24, 2.45) is 0 Å². The molecule has 4 heterocycles. The highest BCUT2D eigenvalue weighted by Crippen LogP contribution is 2.47. The molecule has 0 amide bonds. The van der Waals surface area contributed by atoms with Gasteiger partial charge in [0.1, 0.15) is 0 Å². The molecule has 0 fully saturated rings. The normalized spacial score (nSPS) is 12.2. The summed E-state index contributed by atoms with van der Waals surface area (Å²) in [5, 5.41) is 11.2. The quantitative estimate of drug-likeness (QED) is 0.235. The van der Waals surface area contributed by atoms with Crippen molar-refractivity contribution in [2.45, 2.75) is 52.4 Å². The Labute approximate surface area is 182 Å². The van der Waals surface area contributed by atoms with Crippen LogP contribution in [0, 0.1) is 6.92 Å². The summed E-state index contributed by atoms with van der Waals surface area (Å²) in [5.74, 6) is 0. The molecule has 28 heavy (non-hydrogen) atoms. The van der Waals surface area contributed by atoms with E-state index >= 15 is 0 Å². The second-order valence-corrected chi connectivity index (χ2v) is 11.5. The summed E-state index contributed by atoms with van der Waals surface area (Å²) in [6.07, 6.45) is 8.10. The average molecular weight is 444 g/mol. The molecule has 1 nitrogen and oxygen atoms in total. The highest BCUT2D eigenvalue weighted by molar-refractivity contribution is 7.34. The summed E-state index contributed by atoms with van der Waals surface area (Å²) in [6, 6.07) is 4.88. The van der Waals surface area contributed by atoms with Gasteiger partial charge in [0.2, 0.25) is 0 Å². The van der Waals surface area contributed by atoms with Crippen LogP contribution in [0.5, 0.6) is 0 Å². The molecule has 0 unspecified atom stereocenters. The Bertz CT molecular complexity index is 1250. The Balaban J connectivity index is 1.40. The summed E-state index contributed by atoms with van der Waals surface area (Å²) in [4.78, 5) is 0. The lowest BCUT2D eigenvalue weighted by molar-refractivity contribution is 0.617. The molecule has 0 saturated carbocycles. The van der Waals surface area contributed by atoms with E-state index in [-0.39, 0.29) is 0 Å². The number of thiophene rings is 4. The summed E-state index contributed by atoms with van der Waals surface area (Å²) in [7, 11) is 0. The maximum Gasteiger partial charge on any atom is 0.0695 e. The summed E-state index contributed by atoms with van der Waals surface area (Å²) < 4.78 is 8.72. The number of unbranched alkanes of at least 4 members (excludes halogenated alkanes) is 5. The fourth-order valence-corrected chi connectivity index (χ4v) is 8.95. The van der Waals surface area contributed by atoms with Gasteiger partial charge in [-0.25, -0.2) is 0 Å². The number of nitrogens with one attached hydrogen (secondary N) is 1. The third-order valence-corrected chi connectivity index (χ3v) is 10.4. The molecule has 5 aromatic rings. The molecule has 146 valence electrons. The molecule has 5 rings (SSSR count). The lowest BCUT2D eigenvalue weighted by Crippen LogP contribution is -2.00. The van der Waals surface area contributed by atoms with Crippen LogP contribution >= 0.6 is 45.3 Å². The van der Waals surface area contributed by atoms with Crippen LogP contribution in [0.4, 0.5) is 5.69 Å². The van der Waals surface area contributed by atoms with Crippen molar-refractivity contribution < 1.29 is 0 Å². The fraction of sp³-hybridized carbons (Fsp3) is 0.391. The zero-order chi connectivity index (χ0) is 19.1. The van der Waals surface area contributed by atoms with Crippen LogP contribution in [0.2, 0.25) is 0 Å². The second kappa shape index (κ2) is 7.94. The number of anilines is 1. The van der Waals surface area contributed by atoms with E-state index in [0.29, 0.717) is 0 Å². The Morgan fingerprint density at radius 1 is 0.750 bits per heavy atom. The predicted octanol–water partition coefficient (Wildman–Crippen LogP) is 9.63. The lowest BCUT2D eigenvalue weighted by atomic mass is 10.1. The Morgan fingerprint density at radius 3 is 2.25 bits per heavy atom. The summed E-state index contributed by atoms with van der Waals surface area (Å²) in [6.45, 7) is 5.61. The molecular formula is C23H25NS4. The van der Waals surface area contributed by atoms with Crippen molar-refractivity contribution in [1.82, 2.24) is 0 Å². The molecule has 0 spiro atoms. The van der Waals surface area contributed by atoms with Gasteiger partial charge < -0.3 is 5.32 Å². The van der Waals surface area contributed by atoms with Gasteiger partial charge in [0.25, 0.3) is 0 Å². The maximum atomic E-state index is 3.71. The largest absolute Gasteiger partial charge is 0.383 e. The first-order valence-electron chi connectivity index (χ1n) is 10.2. The first kappa shape index (κ1) is 18.9. The highest BCUT2D eigenvalue weighted by atomic mass is 32.1. The molecule has 0 aliphatic carbocycles. The molecule has 0 saturated heterocycles. The topological polar surface area (TPSA) is 12.0 Å². The van der Waals surface area contributed by atoms with Crippen LogP contribution in [0.3, 0.4) is 0 Å². The minimum atomic E-state index is 1.09. The third-order valence-electron chi connectivity index (χ3n) is 5.50. The summed E-state index contributed by atoms with van der Waals surface area (Å²) >= 11 is 7.71. The molecule has 0 aliphatic rings. The molecule has 5 heteroatoms. The number of fused-ring (bicyclic) bond motifs is 6. The zero-order valence-electron chi connectivity index (χ0n) is 16.4. The van der Waals surface area contributed by atoms with Gasteiger partial charge in [0.15, 0.2) is 0 Å². The molecule has 0 bridgehead atoms. The van der Waals surface area contributed by atoms with Crippen LogP contribution < -0.4 is 5.32 Å². The minimum Gasteiger partial charge on any atom is -0.383 e. The fourth-order valence-electron chi connectivity index (χ4n) is 3.94. The van der Waals surface area contributed by atoms with Crippen molar-refractivity contribution in [3.05, 3.63) is 28.5 Å². The smallest absolute Gasteiger partial charge is 0.0695 e. The number of hydrogen-bond donors (Lipinski definition) is 1. The molecule has 0 aliphatic heterocycles. The van der Waals surface area contributed by atoms with E-state index in [9.17, 15) is 0 Å². The van der Waals surface area contributed by atoms with Gasteiger partial charge in [0.05, 0.1) is 19.8 Å². The van der Waals surface area contributed by atoms with Crippen LogP contribution in [0.15, 0.2) is 22.9 Å². The van der Waals surface area contributed by atoms with Crippen LogP contribution in [-0.2, 0) is 0 Å². The molecule has 0 atom stereocenters. The predicted molar refractivity (Wildman–Crippen MR) is 135 cm³/mol. The van der Waals surface area contributed by atoms with Gasteiger partial charge in [0, 0.05) is 36.8 Å². The standard InChI is InChI=1S/C23H25NS4/c1-3-4-5-6-7-8-9-24-17-13-26-22-16-10-15-18(11-19(16)28-23(17)22)27-20-14(2)12-25-21(15)20/h10-13,24H,3-9H2,1-2H3. The van der Waals surface area contributed by atoms with Gasteiger partial charge >= 0.3 is 0 Å². The Kier molecular flexibility index (Phi) is 5.35. The van der Waals surface area contributed by atoms with Gasteiger partial charge in [-0.1, -0.05) is 39.0 Å². The zero-order valence-corrected chi connectivity index (χ0v) is 19.7. The van der Waals surface area contributed by atoms with Crippen molar-refractivity contribution in [3.8, 4) is 0 Å². The van der Waals surface area contributed by atoms with Gasteiger partial charge in [-0.05, 0) is 36.4 Å². The van der Waals surface area contributed by atoms with E-state index in [1.165, 1.54) is 88.7 Å². The second-order valence-electron chi connectivity index (χ2n) is 7.63. The van der Waals surface area contributed by atoms with Crippen molar-refractivity contribution in [2.75, 3.05) is 11.9 Å². The van der Waals surface area contributed by atoms with E-state index < -0.39 is 0 Å². The third kappa shape index (κ3) is 3.26. The average Bonchev–Trinajstić information content (AvgIpc) is 3.42. The van der Waals surface area contributed by atoms with Crippen LogP contribution in [0.25, 0.3) is 39.0 Å². The summed E-state index contributed by atoms with van der Waals surface area (Å²) in [5.41, 5.74) is 2.77. The van der Waals surface area contributed by atoms with E-state index in [1.54, 1.807) is 0 Å². The van der Waals surface area contributed by atoms with E-state index in [1.807, 2.05) is 45.3 Å². The Hall–Kier alpha value is -1.14. The molecule has 0 radical (unpaired) electrons. The van der Waals surface area contributed by atoms with Gasteiger partial charge in [-0.15, -0.1) is 45.3 Å². The van der Waals surface area contributed by atoms with Crippen molar-refractivity contribution in [3.63, 3.8) is 0 Å². The highest BCUT2D eigenvalue weighted by Gasteiger charge is 2.15. The number of aryl methyl sites for hydroxylation is 1. The molecule has 1 aromatic carbocycles. The van der Waals surface area contributed by atoms with Crippen molar-refractivity contribution >= 4 is 90.0 Å². The van der Waals surface area contributed by atoms with E-state index in [0.717, 1.165) is 6.54 Å². The van der Waals surface area contributed by atoms with E-state index in [4.69, 9.17) is 0 Å². The first-order chi connectivity index (χ1) is 13.8. The SMILES string of the molecule is CCCCCCCCNc1csc2c1sc1cc3sc4c(C)csc4c3cc12.